The number of carbonyl (C=O) groups excluding carboxylic acids is 4. The first-order chi connectivity index (χ1) is 14.1. The molecule has 12 heteroatoms. The first-order valence-electron chi connectivity index (χ1n) is 9.69. The lowest BCUT2D eigenvalue weighted by Gasteiger charge is -2.21. The van der Waals surface area contributed by atoms with E-state index < -0.39 is 48.0 Å². The summed E-state index contributed by atoms with van der Waals surface area (Å²) in [5.41, 5.74) is -1.40. The highest BCUT2D eigenvalue weighted by Gasteiger charge is 2.24. The third-order valence-corrected chi connectivity index (χ3v) is 2.62. The Morgan fingerprint density at radius 1 is 0.875 bits per heavy atom. The number of aliphatic hydroxyl groups excluding tert-OH is 1. The zero-order valence-electron chi connectivity index (χ0n) is 20.0. The molecule has 0 saturated carbocycles. The van der Waals surface area contributed by atoms with Gasteiger partial charge in [-0.25, -0.2) is 19.2 Å². The molecule has 0 aromatic rings. The van der Waals surface area contributed by atoms with Crippen LogP contribution in [-0.4, -0.2) is 66.3 Å². The van der Waals surface area contributed by atoms with Gasteiger partial charge in [0.15, 0.2) is 6.04 Å². The minimum absolute atomic E-state index is 0. The van der Waals surface area contributed by atoms with E-state index in [1.807, 2.05) is 0 Å². The van der Waals surface area contributed by atoms with Crippen molar-refractivity contribution in [3.8, 4) is 0 Å². The van der Waals surface area contributed by atoms with Crippen molar-refractivity contribution in [2.45, 2.75) is 72.6 Å². The van der Waals surface area contributed by atoms with Gasteiger partial charge in [-0.05, 0) is 55.4 Å². The van der Waals surface area contributed by atoms with Gasteiger partial charge in [-0.15, -0.1) is 0 Å². The number of alkyl carbamates (subject to hydrolysis) is 2. The predicted octanol–water partition coefficient (Wildman–Crippen LogP) is 2.18. The summed E-state index contributed by atoms with van der Waals surface area (Å²) in [6.07, 6.45) is -1.49. The fourth-order valence-corrected chi connectivity index (χ4v) is 1.57. The Labute approximate surface area is 188 Å². The molecule has 188 valence electrons. The van der Waals surface area contributed by atoms with Gasteiger partial charge in [-0.3, -0.25) is 10.0 Å². The lowest BCUT2D eigenvalue weighted by molar-refractivity contribution is -0.146. The predicted molar refractivity (Wildman–Crippen MR) is 115 cm³/mol. The molecule has 1 unspecified atom stereocenters. The molecule has 0 aromatic carbocycles. The van der Waals surface area contributed by atoms with Gasteiger partial charge in [-0.1, -0.05) is 6.58 Å². The summed E-state index contributed by atoms with van der Waals surface area (Å²) in [7, 11) is 0. The molecule has 1 atom stereocenters. The highest BCUT2D eigenvalue weighted by atomic mass is 19.0. The molecule has 0 rings (SSSR count). The lowest BCUT2D eigenvalue weighted by atomic mass is 10.2. The number of aliphatic hydroxyl groups is 1. The lowest BCUT2D eigenvalue weighted by Crippen LogP contribution is -2.46. The number of hydrogen-bond acceptors (Lipinski definition) is 9. The van der Waals surface area contributed by atoms with Crippen LogP contribution in [0, 0.1) is 0 Å². The SMILES string of the molecule is C=C(NC(=O)OC(C)(C)C)C(=O)OCC.CCOC(=O)C(CO)NC(=O)OC(C)(C)C.F. The minimum atomic E-state index is -1.09. The molecule has 11 nitrogen and oxygen atoms in total. The number of rotatable bonds is 7. The van der Waals surface area contributed by atoms with Crippen molar-refractivity contribution in [3.63, 3.8) is 0 Å². The largest absolute Gasteiger partial charge is 0.464 e. The molecule has 0 bridgehead atoms. The summed E-state index contributed by atoms with van der Waals surface area (Å²) in [6.45, 7) is 16.8. The third kappa shape index (κ3) is 19.1. The number of amides is 2. The van der Waals surface area contributed by atoms with Crippen LogP contribution in [0.2, 0.25) is 0 Å². The maximum absolute atomic E-state index is 11.3. The number of ether oxygens (including phenoxy) is 4. The summed E-state index contributed by atoms with van der Waals surface area (Å²) in [6, 6.07) is -1.09. The van der Waals surface area contributed by atoms with E-state index in [0.29, 0.717) is 0 Å². The zero-order chi connectivity index (χ0) is 24.8. The second-order valence-corrected chi connectivity index (χ2v) is 7.96. The topological polar surface area (TPSA) is 149 Å². The normalized spacial score (nSPS) is 11.3. The van der Waals surface area contributed by atoms with E-state index in [1.54, 1.807) is 55.4 Å². The van der Waals surface area contributed by atoms with Crippen molar-refractivity contribution in [2.24, 2.45) is 0 Å². The summed E-state index contributed by atoms with van der Waals surface area (Å²) in [4.78, 5) is 44.7. The van der Waals surface area contributed by atoms with Crippen LogP contribution in [0.1, 0.15) is 55.4 Å². The zero-order valence-corrected chi connectivity index (χ0v) is 20.0. The standard InChI is InChI=1S/C10H19NO5.C10H17NO4.FH/c1-5-15-8(13)7(6-12)11-9(14)16-10(2,3)4;1-6-14-8(12)7(2)11-9(13)15-10(3,4)5;/h7,12H,5-6H2,1-4H3,(H,11,14);2,6H2,1,3-5H3,(H,11,13);1H. The number of nitrogens with one attached hydrogen (secondary N) is 2. The minimum Gasteiger partial charge on any atom is -0.464 e. The summed E-state index contributed by atoms with van der Waals surface area (Å²) in [5, 5.41) is 13.3. The second kappa shape index (κ2) is 15.8. The van der Waals surface area contributed by atoms with Crippen LogP contribution in [-0.2, 0) is 28.5 Å². The molecule has 0 saturated heterocycles. The molecule has 0 heterocycles. The molecule has 0 aromatic heterocycles. The van der Waals surface area contributed by atoms with Crippen LogP contribution in [0.25, 0.3) is 0 Å². The highest BCUT2D eigenvalue weighted by molar-refractivity contribution is 5.91. The van der Waals surface area contributed by atoms with Crippen LogP contribution < -0.4 is 10.6 Å². The Morgan fingerprint density at radius 3 is 1.69 bits per heavy atom. The van der Waals surface area contributed by atoms with E-state index in [2.05, 4.69) is 26.7 Å². The molecule has 0 radical (unpaired) electrons. The van der Waals surface area contributed by atoms with Gasteiger partial charge in [0, 0.05) is 0 Å². The molecule has 0 spiro atoms. The molecule has 0 aliphatic heterocycles. The van der Waals surface area contributed by atoms with Crippen molar-refractivity contribution in [2.75, 3.05) is 19.8 Å². The highest BCUT2D eigenvalue weighted by Crippen LogP contribution is 2.07. The molecule has 0 aliphatic rings. The average molecular weight is 469 g/mol. The van der Waals surface area contributed by atoms with Gasteiger partial charge in [0.1, 0.15) is 16.9 Å². The fraction of sp³-hybridized carbons (Fsp3) is 0.700. The summed E-state index contributed by atoms with van der Waals surface area (Å²) < 4.78 is 19.1. The van der Waals surface area contributed by atoms with Gasteiger partial charge in [-0.2, -0.15) is 0 Å². The van der Waals surface area contributed by atoms with E-state index >= 15 is 0 Å². The molecular formula is C20H37FN2O9. The maximum atomic E-state index is 11.3. The van der Waals surface area contributed by atoms with Crippen molar-refractivity contribution in [3.05, 3.63) is 12.3 Å². The second-order valence-electron chi connectivity index (χ2n) is 7.96. The van der Waals surface area contributed by atoms with Gasteiger partial charge in [0.25, 0.3) is 0 Å². The molecular weight excluding hydrogens is 431 g/mol. The quantitative estimate of drug-likeness (QED) is 0.290. The van der Waals surface area contributed by atoms with Gasteiger partial charge >= 0.3 is 24.1 Å². The Morgan fingerprint density at radius 2 is 1.31 bits per heavy atom. The Bertz CT molecular complexity index is 626. The van der Waals surface area contributed by atoms with Crippen molar-refractivity contribution < 1.29 is 47.9 Å². The van der Waals surface area contributed by atoms with Crippen LogP contribution in [0.4, 0.5) is 14.3 Å². The van der Waals surface area contributed by atoms with Crippen LogP contribution in [0.3, 0.4) is 0 Å². The molecule has 3 N–H and O–H groups in total. The monoisotopic (exact) mass is 468 g/mol. The van der Waals surface area contributed by atoms with E-state index in [-0.39, 0.29) is 23.6 Å². The van der Waals surface area contributed by atoms with Gasteiger partial charge in [0.2, 0.25) is 0 Å². The van der Waals surface area contributed by atoms with Crippen LogP contribution >= 0.6 is 0 Å². The molecule has 2 amide bonds. The van der Waals surface area contributed by atoms with E-state index in [4.69, 9.17) is 14.6 Å². The van der Waals surface area contributed by atoms with Crippen LogP contribution in [0.15, 0.2) is 12.3 Å². The molecule has 32 heavy (non-hydrogen) atoms. The first-order valence-corrected chi connectivity index (χ1v) is 9.69. The third-order valence-electron chi connectivity index (χ3n) is 2.62. The number of halogens is 1. The summed E-state index contributed by atoms with van der Waals surface area (Å²) in [5.74, 6) is -1.35. The van der Waals surface area contributed by atoms with E-state index in [1.165, 1.54) is 0 Å². The first kappa shape index (κ1) is 33.7. The molecule has 0 aliphatic carbocycles. The number of carbonyl (C=O) groups is 4. The average Bonchev–Trinajstić information content (AvgIpc) is 2.57. The fourth-order valence-electron chi connectivity index (χ4n) is 1.57. The smallest absolute Gasteiger partial charge is 0.412 e. The number of hydrogen-bond donors (Lipinski definition) is 3. The summed E-state index contributed by atoms with van der Waals surface area (Å²) >= 11 is 0. The molecule has 0 fully saturated rings. The number of esters is 2. The Balaban J connectivity index is -0.000000511. The van der Waals surface area contributed by atoms with Crippen molar-refractivity contribution >= 4 is 24.1 Å². The Kier molecular flexibility index (Phi) is 16.7. The van der Waals surface area contributed by atoms with Crippen molar-refractivity contribution in [1.29, 1.82) is 0 Å². The Hall–Kier alpha value is -2.89. The van der Waals surface area contributed by atoms with Gasteiger partial charge < -0.3 is 29.4 Å². The van der Waals surface area contributed by atoms with E-state index in [9.17, 15) is 19.2 Å². The van der Waals surface area contributed by atoms with Gasteiger partial charge in [0.05, 0.1) is 19.8 Å². The van der Waals surface area contributed by atoms with Crippen molar-refractivity contribution in [1.82, 2.24) is 10.6 Å². The van der Waals surface area contributed by atoms with Crippen LogP contribution in [0.5, 0.6) is 0 Å². The maximum Gasteiger partial charge on any atom is 0.412 e. The van der Waals surface area contributed by atoms with E-state index in [0.717, 1.165) is 0 Å².